The first-order chi connectivity index (χ1) is 17.9. The number of halogens is 5. The van der Waals surface area contributed by atoms with E-state index in [0.29, 0.717) is 0 Å². The molecule has 38 heavy (non-hydrogen) atoms. The molecule has 2 atom stereocenters. The fourth-order valence-electron chi connectivity index (χ4n) is 5.74. The number of fused-ring (bicyclic) bond motifs is 5. The van der Waals surface area contributed by atoms with Gasteiger partial charge >= 0.3 is 18.1 Å². The lowest BCUT2D eigenvalue weighted by atomic mass is 9.83. The van der Waals surface area contributed by atoms with Crippen molar-refractivity contribution in [1.29, 1.82) is 0 Å². The molecule has 0 saturated carbocycles. The van der Waals surface area contributed by atoms with Gasteiger partial charge in [0.1, 0.15) is 6.61 Å². The topological polar surface area (TPSA) is 111 Å². The lowest BCUT2D eigenvalue weighted by Crippen LogP contribution is -2.44. The summed E-state index contributed by atoms with van der Waals surface area (Å²) in [7, 11) is 0. The molecule has 1 aromatic carbocycles. The maximum atomic E-state index is 14.8. The lowest BCUT2D eigenvalue weighted by Gasteiger charge is -2.31. The molecule has 0 spiro atoms. The molecule has 2 aromatic heterocycles. The predicted molar refractivity (Wildman–Crippen MR) is 120 cm³/mol. The molecule has 0 fully saturated rings. The summed E-state index contributed by atoms with van der Waals surface area (Å²) in [5.74, 6) is -5.49. The van der Waals surface area contributed by atoms with Gasteiger partial charge in [0.15, 0.2) is 17.2 Å². The first-order valence-electron chi connectivity index (χ1n) is 11.7. The second kappa shape index (κ2) is 7.82. The van der Waals surface area contributed by atoms with Crippen molar-refractivity contribution >= 4 is 22.8 Å². The summed E-state index contributed by atoms with van der Waals surface area (Å²) in [6, 6.07) is 0.980. The molecule has 0 unspecified atom stereocenters. The summed E-state index contributed by atoms with van der Waals surface area (Å²) in [4.78, 5) is 42.1. The molecule has 13 heteroatoms. The van der Waals surface area contributed by atoms with Crippen LogP contribution in [-0.4, -0.2) is 32.7 Å². The SMILES string of the molecule is CC[C@@]1(O)C(=O)OCc2c1cc1n(c2=O)Cc2c-1nc1cc(F)c(F)c3c1c2[C@H](NC(=O)C(F)(F)F)CC3. The first-order valence-corrected chi connectivity index (χ1v) is 11.7. The number of nitrogens with zero attached hydrogens (tertiary/aromatic N) is 2. The molecule has 3 aromatic rings. The first kappa shape index (κ1) is 24.5. The number of aliphatic hydroxyl groups is 1. The summed E-state index contributed by atoms with van der Waals surface area (Å²) in [6.07, 6.45) is -5.59. The van der Waals surface area contributed by atoms with Gasteiger partial charge in [0, 0.05) is 28.1 Å². The molecule has 0 radical (unpaired) electrons. The molecule has 1 amide bonds. The molecule has 0 saturated heterocycles. The molecule has 2 N–H and O–H groups in total. The van der Waals surface area contributed by atoms with Crippen molar-refractivity contribution in [2.24, 2.45) is 0 Å². The molecule has 198 valence electrons. The number of carbonyl (C=O) groups is 2. The zero-order chi connectivity index (χ0) is 27.3. The van der Waals surface area contributed by atoms with E-state index < -0.39 is 46.9 Å². The highest BCUT2D eigenvalue weighted by Crippen LogP contribution is 2.46. The van der Waals surface area contributed by atoms with Gasteiger partial charge in [-0.3, -0.25) is 9.59 Å². The molecule has 2 aliphatic heterocycles. The van der Waals surface area contributed by atoms with Crippen molar-refractivity contribution < 1.29 is 41.4 Å². The van der Waals surface area contributed by atoms with E-state index >= 15 is 0 Å². The Hall–Kier alpha value is -3.87. The Morgan fingerprint density at radius 2 is 1.97 bits per heavy atom. The van der Waals surface area contributed by atoms with E-state index in [2.05, 4.69) is 4.98 Å². The second-order valence-electron chi connectivity index (χ2n) is 9.56. The van der Waals surface area contributed by atoms with Crippen molar-refractivity contribution in [3.05, 3.63) is 61.9 Å². The number of alkyl halides is 3. The molecule has 6 rings (SSSR count). The number of rotatable bonds is 2. The number of esters is 1. The Bertz CT molecular complexity index is 1660. The van der Waals surface area contributed by atoms with Crippen LogP contribution in [0.1, 0.15) is 53.6 Å². The fourth-order valence-corrected chi connectivity index (χ4v) is 5.74. The Balaban J connectivity index is 1.64. The summed E-state index contributed by atoms with van der Waals surface area (Å²) >= 11 is 0. The van der Waals surface area contributed by atoms with E-state index in [9.17, 15) is 41.4 Å². The average molecular weight is 535 g/mol. The Kier molecular flexibility index (Phi) is 5.04. The third-order valence-electron chi connectivity index (χ3n) is 7.60. The highest BCUT2D eigenvalue weighted by atomic mass is 19.4. The van der Waals surface area contributed by atoms with Crippen LogP contribution in [0.25, 0.3) is 22.3 Å². The summed E-state index contributed by atoms with van der Waals surface area (Å²) in [6.45, 7) is 0.946. The van der Waals surface area contributed by atoms with Crippen molar-refractivity contribution in [1.82, 2.24) is 14.9 Å². The van der Waals surface area contributed by atoms with Crippen LogP contribution >= 0.6 is 0 Å². The highest BCUT2D eigenvalue weighted by Gasteiger charge is 2.46. The van der Waals surface area contributed by atoms with Crippen LogP contribution in [0.15, 0.2) is 16.9 Å². The zero-order valence-corrected chi connectivity index (χ0v) is 19.6. The number of nitrogens with one attached hydrogen (secondary N) is 1. The van der Waals surface area contributed by atoms with Crippen LogP contribution < -0.4 is 10.9 Å². The van der Waals surface area contributed by atoms with E-state index in [0.717, 1.165) is 6.07 Å². The normalized spacial score (nSPS) is 21.6. The van der Waals surface area contributed by atoms with Gasteiger partial charge in [0.25, 0.3) is 5.56 Å². The molecule has 3 aliphatic rings. The predicted octanol–water partition coefficient (Wildman–Crippen LogP) is 3.02. The van der Waals surface area contributed by atoms with Crippen molar-refractivity contribution in [3.8, 4) is 11.4 Å². The number of ether oxygens (including phenoxy) is 1. The van der Waals surface area contributed by atoms with Crippen molar-refractivity contribution in [2.45, 2.75) is 57.2 Å². The molecule has 1 aliphatic carbocycles. The smallest absolute Gasteiger partial charge is 0.458 e. The number of hydrogen-bond acceptors (Lipinski definition) is 6. The van der Waals surface area contributed by atoms with Gasteiger partial charge in [0.05, 0.1) is 35.1 Å². The van der Waals surface area contributed by atoms with Gasteiger partial charge in [-0.1, -0.05) is 6.92 Å². The molecular formula is C25H18F5N3O5. The van der Waals surface area contributed by atoms with E-state index in [4.69, 9.17) is 4.74 Å². The van der Waals surface area contributed by atoms with Gasteiger partial charge in [-0.15, -0.1) is 0 Å². The monoisotopic (exact) mass is 535 g/mol. The molecular weight excluding hydrogens is 517 g/mol. The van der Waals surface area contributed by atoms with Crippen LogP contribution in [-0.2, 0) is 39.5 Å². The minimum atomic E-state index is -5.18. The molecule has 0 bridgehead atoms. The van der Waals surface area contributed by atoms with E-state index in [1.807, 2.05) is 5.32 Å². The minimum absolute atomic E-state index is 0.0174. The quantitative estimate of drug-likeness (QED) is 0.302. The molecule has 4 heterocycles. The van der Waals surface area contributed by atoms with Gasteiger partial charge in [-0.2, -0.15) is 13.2 Å². The lowest BCUT2D eigenvalue weighted by molar-refractivity contribution is -0.174. The van der Waals surface area contributed by atoms with E-state index in [-0.39, 0.29) is 82.5 Å². The number of aromatic nitrogens is 2. The number of pyridine rings is 2. The van der Waals surface area contributed by atoms with Crippen LogP contribution in [0.2, 0.25) is 0 Å². The van der Waals surface area contributed by atoms with Gasteiger partial charge in [0.2, 0.25) is 0 Å². The summed E-state index contributed by atoms with van der Waals surface area (Å²) in [5.41, 5.74) is -2.22. The number of cyclic esters (lactones) is 1. The van der Waals surface area contributed by atoms with Gasteiger partial charge in [-0.05, 0) is 30.9 Å². The third kappa shape index (κ3) is 3.17. The fraction of sp³-hybridized carbons (Fsp3) is 0.360. The minimum Gasteiger partial charge on any atom is -0.458 e. The zero-order valence-electron chi connectivity index (χ0n) is 19.6. The van der Waals surface area contributed by atoms with Crippen molar-refractivity contribution in [3.63, 3.8) is 0 Å². The van der Waals surface area contributed by atoms with Gasteiger partial charge in [-0.25, -0.2) is 18.6 Å². The summed E-state index contributed by atoms with van der Waals surface area (Å²) in [5, 5.41) is 13.0. The average Bonchev–Trinajstić information content (AvgIpc) is 3.23. The maximum Gasteiger partial charge on any atom is 0.471 e. The van der Waals surface area contributed by atoms with Crippen LogP contribution in [0.3, 0.4) is 0 Å². The van der Waals surface area contributed by atoms with Crippen molar-refractivity contribution in [2.75, 3.05) is 0 Å². The number of benzene rings is 1. The standard InChI is InChI=1S/C25H18F5N3O5/c1-2-24(37)12-5-16-20-10(7-33(16)21(34)11(12)8-38-23(24)36)18-14(32-22(35)25(28,29)30)4-3-9-17(18)15(31-20)6-13(26)19(9)27/h5-6,14,37H,2-4,7-8H2,1H3,(H,32,35)/t14-,24+/m1/s1. The Morgan fingerprint density at radius 3 is 2.66 bits per heavy atom. The van der Waals surface area contributed by atoms with Crippen LogP contribution in [0.4, 0.5) is 22.0 Å². The van der Waals surface area contributed by atoms with Crippen LogP contribution in [0, 0.1) is 11.6 Å². The van der Waals surface area contributed by atoms with Gasteiger partial charge < -0.3 is 19.7 Å². The van der Waals surface area contributed by atoms with Crippen LogP contribution in [0.5, 0.6) is 0 Å². The number of hydrogen-bond donors (Lipinski definition) is 2. The summed E-state index contributed by atoms with van der Waals surface area (Å²) < 4.78 is 74.9. The Labute approximate surface area is 210 Å². The number of aryl methyl sites for hydroxylation is 1. The largest absolute Gasteiger partial charge is 0.471 e. The maximum absolute atomic E-state index is 14.8. The number of amides is 1. The highest BCUT2D eigenvalue weighted by molar-refractivity contribution is 5.93. The van der Waals surface area contributed by atoms with E-state index in [1.165, 1.54) is 17.6 Å². The second-order valence-corrected chi connectivity index (χ2v) is 9.56. The van der Waals surface area contributed by atoms with E-state index in [1.54, 1.807) is 0 Å². The third-order valence-corrected chi connectivity index (χ3v) is 7.60. The Morgan fingerprint density at radius 1 is 1.24 bits per heavy atom. The number of carbonyl (C=O) groups excluding carboxylic acids is 2. The molecule has 8 nitrogen and oxygen atoms in total.